The number of anilines is 4. The molecule has 65 heavy (non-hydrogen) atoms. The van der Waals surface area contributed by atoms with Gasteiger partial charge in [-0.2, -0.15) is 0 Å². The van der Waals surface area contributed by atoms with Crippen LogP contribution in [0, 0.1) is 11.8 Å². The third kappa shape index (κ3) is 8.16. The third-order valence-electron chi connectivity index (χ3n) is 12.2. The Morgan fingerprint density at radius 1 is 0.600 bits per heavy atom. The largest absolute Gasteiger partial charge is 0.457 e. The van der Waals surface area contributed by atoms with Crippen molar-refractivity contribution in [1.29, 1.82) is 0 Å². The lowest BCUT2D eigenvalue weighted by atomic mass is 9.88. The number of ether oxygens (including phenoxy) is 1. The number of aromatic nitrogens is 2. The zero-order valence-corrected chi connectivity index (χ0v) is 38.3. The van der Waals surface area contributed by atoms with Crippen LogP contribution in [0.15, 0.2) is 176 Å². The Bertz CT molecular complexity index is 3300. The molecule has 0 unspecified atom stereocenters. The van der Waals surface area contributed by atoms with Gasteiger partial charge in [-0.25, -0.2) is 4.98 Å². The van der Waals surface area contributed by atoms with E-state index in [0.717, 1.165) is 78.2 Å². The standard InChI is InChI=1S/C60H58N4O/c1-40(2)32-42-28-29-53-51(34-42)52-35-45(33-41(3)4)57(38-56(52)64(53)58-36-46(30-31-61-58)60(5,6)7)65-48-23-16-22-47(37-48)62-39-63(55-27-15-14-26-54(55)62)59-49(43-18-10-8-11-19-43)24-17-25-50(59)44-20-12-9-13-21-44/h8-31,34-38,40-41H,32-33,39H2,1-7H3/i32D2,33D2. The quantitative estimate of drug-likeness (QED) is 0.130. The van der Waals surface area contributed by atoms with Crippen LogP contribution in [0.25, 0.3) is 49.9 Å². The molecule has 10 rings (SSSR count). The summed E-state index contributed by atoms with van der Waals surface area (Å²) in [6.45, 7) is 14.7. The molecule has 7 aromatic carbocycles. The Hall–Kier alpha value is -7.11. The van der Waals surface area contributed by atoms with Crippen molar-refractivity contribution < 1.29 is 10.2 Å². The highest BCUT2D eigenvalue weighted by Gasteiger charge is 2.31. The van der Waals surface area contributed by atoms with Crippen molar-refractivity contribution in [2.75, 3.05) is 16.5 Å². The molecule has 5 heteroatoms. The summed E-state index contributed by atoms with van der Waals surface area (Å²) in [6, 6.07) is 58.2. The van der Waals surface area contributed by atoms with Gasteiger partial charge in [-0.3, -0.25) is 4.57 Å². The number of rotatable bonds is 11. The molecule has 324 valence electrons. The summed E-state index contributed by atoms with van der Waals surface area (Å²) in [4.78, 5) is 9.65. The number of benzene rings is 7. The van der Waals surface area contributed by atoms with Gasteiger partial charge in [-0.15, -0.1) is 0 Å². The first-order chi connectivity index (χ1) is 33.0. The minimum atomic E-state index is -1.79. The van der Waals surface area contributed by atoms with Gasteiger partial charge in [0.1, 0.15) is 24.0 Å². The average molecular weight is 855 g/mol. The van der Waals surface area contributed by atoms with Crippen molar-refractivity contribution in [3.63, 3.8) is 0 Å². The van der Waals surface area contributed by atoms with E-state index in [1.807, 2.05) is 88.5 Å². The molecular weight excluding hydrogens is 793 g/mol. The van der Waals surface area contributed by atoms with Crippen molar-refractivity contribution in [2.45, 2.75) is 66.6 Å². The maximum atomic E-state index is 9.59. The number of pyridine rings is 1. The maximum Gasteiger partial charge on any atom is 0.137 e. The predicted molar refractivity (Wildman–Crippen MR) is 274 cm³/mol. The number of para-hydroxylation sites is 3. The van der Waals surface area contributed by atoms with Gasteiger partial charge in [0, 0.05) is 51.4 Å². The van der Waals surface area contributed by atoms with E-state index in [9.17, 15) is 2.74 Å². The van der Waals surface area contributed by atoms with E-state index in [0.29, 0.717) is 29.3 Å². The molecule has 0 spiro atoms. The molecule has 3 heterocycles. The second kappa shape index (κ2) is 17.1. The van der Waals surface area contributed by atoms with Gasteiger partial charge in [0.15, 0.2) is 0 Å². The highest BCUT2D eigenvalue weighted by atomic mass is 16.5. The van der Waals surface area contributed by atoms with Gasteiger partial charge in [0.25, 0.3) is 0 Å². The molecule has 0 radical (unpaired) electrons. The summed E-state index contributed by atoms with van der Waals surface area (Å²) in [5.41, 5.74) is 12.4. The molecule has 1 aliphatic heterocycles. The molecule has 1 aliphatic rings. The van der Waals surface area contributed by atoms with E-state index in [1.165, 1.54) is 0 Å². The first kappa shape index (κ1) is 37.3. The fourth-order valence-corrected chi connectivity index (χ4v) is 9.24. The van der Waals surface area contributed by atoms with E-state index in [2.05, 4.69) is 150 Å². The molecule has 0 saturated heterocycles. The Morgan fingerprint density at radius 2 is 1.23 bits per heavy atom. The summed E-state index contributed by atoms with van der Waals surface area (Å²) in [7, 11) is 0. The smallest absolute Gasteiger partial charge is 0.137 e. The minimum Gasteiger partial charge on any atom is -0.457 e. The minimum absolute atomic E-state index is 0.140. The first-order valence-corrected chi connectivity index (χ1v) is 22.8. The Labute approximate surface area is 390 Å². The third-order valence-corrected chi connectivity index (χ3v) is 12.2. The number of hydrogen-bond donors (Lipinski definition) is 0. The van der Waals surface area contributed by atoms with Crippen LogP contribution in [0.4, 0.5) is 22.7 Å². The highest BCUT2D eigenvalue weighted by Crippen LogP contribution is 2.50. The van der Waals surface area contributed by atoms with Gasteiger partial charge >= 0.3 is 0 Å². The Balaban J connectivity index is 1.12. The van der Waals surface area contributed by atoms with Gasteiger partial charge < -0.3 is 14.5 Å². The molecule has 9 aromatic rings. The monoisotopic (exact) mass is 854 g/mol. The highest BCUT2D eigenvalue weighted by molar-refractivity contribution is 6.10. The number of hydrogen-bond acceptors (Lipinski definition) is 4. The fraction of sp³-hybridized carbons (Fsp3) is 0.217. The molecule has 0 fully saturated rings. The molecule has 5 nitrogen and oxygen atoms in total. The van der Waals surface area contributed by atoms with Crippen LogP contribution in [-0.2, 0) is 18.2 Å². The normalized spacial score (nSPS) is 14.2. The van der Waals surface area contributed by atoms with Crippen molar-refractivity contribution >= 4 is 44.6 Å². The summed E-state index contributed by atoms with van der Waals surface area (Å²) < 4.78 is 46.4. The van der Waals surface area contributed by atoms with E-state index < -0.39 is 12.7 Å². The number of nitrogens with zero attached hydrogens (tertiary/aromatic N) is 4. The van der Waals surface area contributed by atoms with Gasteiger partial charge in [-0.1, -0.05) is 152 Å². The van der Waals surface area contributed by atoms with Crippen LogP contribution in [0.2, 0.25) is 0 Å². The number of fused-ring (bicyclic) bond motifs is 4. The van der Waals surface area contributed by atoms with E-state index in [1.54, 1.807) is 0 Å². The lowest BCUT2D eigenvalue weighted by molar-refractivity contribution is 0.471. The van der Waals surface area contributed by atoms with E-state index in [4.69, 9.17) is 12.5 Å². The summed E-state index contributed by atoms with van der Waals surface area (Å²) >= 11 is 0. The lowest BCUT2D eigenvalue weighted by Crippen LogP contribution is -2.25. The molecule has 0 bridgehead atoms. The second-order valence-corrected chi connectivity index (χ2v) is 18.7. The Morgan fingerprint density at radius 3 is 1.89 bits per heavy atom. The van der Waals surface area contributed by atoms with E-state index in [-0.39, 0.29) is 17.3 Å². The summed E-state index contributed by atoms with van der Waals surface area (Å²) in [5.74, 6) is 1.04. The predicted octanol–water partition coefficient (Wildman–Crippen LogP) is 16.2. The van der Waals surface area contributed by atoms with Crippen LogP contribution in [0.5, 0.6) is 11.5 Å². The molecule has 0 N–H and O–H groups in total. The van der Waals surface area contributed by atoms with Crippen LogP contribution in [0.1, 0.15) is 70.6 Å². The van der Waals surface area contributed by atoms with Crippen molar-refractivity contribution in [2.24, 2.45) is 11.8 Å². The van der Waals surface area contributed by atoms with Crippen LogP contribution in [-0.4, -0.2) is 16.2 Å². The van der Waals surface area contributed by atoms with Crippen molar-refractivity contribution in [1.82, 2.24) is 9.55 Å². The van der Waals surface area contributed by atoms with Crippen LogP contribution in [0.3, 0.4) is 0 Å². The molecule has 2 aromatic heterocycles. The molecule has 0 aliphatic carbocycles. The molecule has 0 saturated carbocycles. The zero-order chi connectivity index (χ0) is 48.4. The van der Waals surface area contributed by atoms with Crippen molar-refractivity contribution in [3.8, 4) is 39.6 Å². The molecular formula is C60H58N4O. The first-order valence-electron chi connectivity index (χ1n) is 24.8. The topological polar surface area (TPSA) is 33.5 Å². The summed E-state index contributed by atoms with van der Waals surface area (Å²) in [6.07, 6.45) is -1.53. The van der Waals surface area contributed by atoms with Crippen LogP contribution < -0.4 is 14.5 Å². The average Bonchev–Trinajstić information content (AvgIpc) is 3.89. The van der Waals surface area contributed by atoms with Crippen molar-refractivity contribution in [3.05, 3.63) is 193 Å². The SMILES string of the molecule is [2H]C([2H])(c1ccc2c(c1)c1cc(C([2H])([2H])C(C)C)c(Oc3cccc(N4CN(c5c(-c6ccccc6)cccc5-c5ccccc5)c5ccccc54)c3)cc1n2-c1cc(C(C)(C)C)ccn1)C(C)C. The van der Waals surface area contributed by atoms with Gasteiger partial charge in [0.05, 0.1) is 28.1 Å². The maximum absolute atomic E-state index is 9.59. The second-order valence-electron chi connectivity index (χ2n) is 18.7. The molecule has 0 atom stereocenters. The van der Waals surface area contributed by atoms with E-state index >= 15 is 0 Å². The zero-order valence-electron chi connectivity index (χ0n) is 42.3. The fourth-order valence-electron chi connectivity index (χ4n) is 9.24. The summed E-state index contributed by atoms with van der Waals surface area (Å²) in [5, 5.41) is 1.63. The van der Waals surface area contributed by atoms with Gasteiger partial charge in [0.2, 0.25) is 0 Å². The Kier molecular flexibility index (Phi) is 9.82. The van der Waals surface area contributed by atoms with Crippen LogP contribution >= 0.6 is 0 Å². The van der Waals surface area contributed by atoms with Gasteiger partial charge in [-0.05, 0) is 112 Å². The molecule has 0 amide bonds. The lowest BCUT2D eigenvalue weighted by Gasteiger charge is -2.27.